The van der Waals surface area contributed by atoms with E-state index in [1.807, 2.05) is 29.6 Å². The molecule has 0 atom stereocenters. The lowest BCUT2D eigenvalue weighted by Gasteiger charge is -2.34. The number of thiophene rings is 1. The summed E-state index contributed by atoms with van der Waals surface area (Å²) < 4.78 is 5.23. The highest BCUT2D eigenvalue weighted by atomic mass is 32.1. The Kier molecular flexibility index (Phi) is 5.43. The van der Waals surface area contributed by atoms with E-state index in [0.29, 0.717) is 36.6 Å². The zero-order chi connectivity index (χ0) is 19.5. The van der Waals surface area contributed by atoms with Crippen LogP contribution >= 0.6 is 11.3 Å². The first-order valence-corrected chi connectivity index (χ1v) is 10.4. The smallest absolute Gasteiger partial charge is 0.338 e. The maximum atomic E-state index is 12.4. The van der Waals surface area contributed by atoms with E-state index in [0.717, 1.165) is 19.3 Å². The minimum absolute atomic E-state index is 0.00476. The maximum absolute atomic E-state index is 12.4. The first-order valence-electron chi connectivity index (χ1n) is 9.51. The SMILES string of the molecule is O=C(OCC(=O)N1CCN(C(=O)c2cccs2)CC1)c1ccc2c(c1)CCC2. The van der Waals surface area contributed by atoms with Crippen molar-refractivity contribution >= 4 is 29.1 Å². The van der Waals surface area contributed by atoms with Gasteiger partial charge in [-0.25, -0.2) is 4.79 Å². The van der Waals surface area contributed by atoms with Crippen molar-refractivity contribution in [3.8, 4) is 0 Å². The number of hydrogen-bond acceptors (Lipinski definition) is 5. The predicted molar refractivity (Wildman–Crippen MR) is 106 cm³/mol. The Morgan fingerprint density at radius 1 is 0.964 bits per heavy atom. The number of amides is 2. The highest BCUT2D eigenvalue weighted by Gasteiger charge is 2.26. The summed E-state index contributed by atoms with van der Waals surface area (Å²) in [5, 5.41) is 1.88. The molecule has 0 unspecified atom stereocenters. The average molecular weight is 398 g/mol. The third-order valence-corrected chi connectivity index (χ3v) is 6.17. The maximum Gasteiger partial charge on any atom is 0.338 e. The molecule has 1 aliphatic carbocycles. The first kappa shape index (κ1) is 18.7. The Morgan fingerprint density at radius 2 is 1.71 bits per heavy atom. The fourth-order valence-corrected chi connectivity index (χ4v) is 4.41. The molecule has 2 aliphatic rings. The van der Waals surface area contributed by atoms with E-state index >= 15 is 0 Å². The lowest BCUT2D eigenvalue weighted by atomic mass is 10.1. The lowest BCUT2D eigenvalue weighted by molar-refractivity contribution is -0.136. The second kappa shape index (κ2) is 8.14. The minimum Gasteiger partial charge on any atom is -0.452 e. The van der Waals surface area contributed by atoms with Crippen molar-refractivity contribution in [2.45, 2.75) is 19.3 Å². The van der Waals surface area contributed by atoms with Crippen LogP contribution in [0.25, 0.3) is 0 Å². The Bertz CT molecular complexity index is 886. The topological polar surface area (TPSA) is 66.9 Å². The third kappa shape index (κ3) is 3.94. The van der Waals surface area contributed by atoms with Crippen molar-refractivity contribution in [2.75, 3.05) is 32.8 Å². The van der Waals surface area contributed by atoms with Crippen LogP contribution in [0.3, 0.4) is 0 Å². The molecule has 1 saturated heterocycles. The number of rotatable bonds is 4. The van der Waals surface area contributed by atoms with Gasteiger partial charge >= 0.3 is 5.97 Å². The van der Waals surface area contributed by atoms with E-state index in [4.69, 9.17) is 4.74 Å². The van der Waals surface area contributed by atoms with E-state index in [9.17, 15) is 14.4 Å². The van der Waals surface area contributed by atoms with Crippen LogP contribution in [-0.4, -0.2) is 60.4 Å². The molecular formula is C21H22N2O4S. The monoisotopic (exact) mass is 398 g/mol. The highest BCUT2D eigenvalue weighted by Crippen LogP contribution is 2.23. The molecule has 6 nitrogen and oxygen atoms in total. The van der Waals surface area contributed by atoms with Crippen LogP contribution in [0.4, 0.5) is 0 Å². The molecule has 7 heteroatoms. The second-order valence-corrected chi connectivity index (χ2v) is 8.01. The third-order valence-electron chi connectivity index (χ3n) is 5.31. The standard InChI is InChI=1S/C21H22N2O4S/c24-19(14-27-21(26)17-7-6-15-3-1-4-16(15)13-17)22-8-10-23(11-9-22)20(25)18-5-2-12-28-18/h2,5-7,12-13H,1,3-4,8-11,14H2. The quantitative estimate of drug-likeness (QED) is 0.742. The van der Waals surface area contributed by atoms with Gasteiger partial charge in [-0.1, -0.05) is 12.1 Å². The van der Waals surface area contributed by atoms with E-state index in [1.54, 1.807) is 15.9 Å². The van der Waals surface area contributed by atoms with Crippen LogP contribution < -0.4 is 0 Å². The van der Waals surface area contributed by atoms with Crippen molar-refractivity contribution in [3.05, 3.63) is 57.3 Å². The molecule has 0 radical (unpaired) electrons. The number of carbonyl (C=O) groups excluding carboxylic acids is 3. The number of esters is 1. The zero-order valence-corrected chi connectivity index (χ0v) is 16.4. The molecule has 0 spiro atoms. The van der Waals surface area contributed by atoms with Crippen molar-refractivity contribution in [1.29, 1.82) is 0 Å². The predicted octanol–water partition coefficient (Wildman–Crippen LogP) is 2.38. The van der Waals surface area contributed by atoms with Crippen molar-refractivity contribution in [3.63, 3.8) is 0 Å². The summed E-state index contributed by atoms with van der Waals surface area (Å²) in [4.78, 5) is 41.1. The fourth-order valence-electron chi connectivity index (χ4n) is 3.72. The van der Waals surface area contributed by atoms with Gasteiger partial charge in [0.1, 0.15) is 0 Å². The molecule has 2 aromatic rings. The van der Waals surface area contributed by atoms with Gasteiger partial charge in [0.2, 0.25) is 0 Å². The molecule has 1 aliphatic heterocycles. The van der Waals surface area contributed by atoms with Crippen LogP contribution in [-0.2, 0) is 22.4 Å². The summed E-state index contributed by atoms with van der Waals surface area (Å²) in [5.74, 6) is -0.683. The van der Waals surface area contributed by atoms with Crippen molar-refractivity contribution in [1.82, 2.24) is 9.80 Å². The van der Waals surface area contributed by atoms with Gasteiger partial charge in [-0.15, -0.1) is 11.3 Å². The van der Waals surface area contributed by atoms with Gasteiger partial charge in [-0.3, -0.25) is 9.59 Å². The number of nitrogens with zero attached hydrogens (tertiary/aromatic N) is 2. The van der Waals surface area contributed by atoms with Crippen molar-refractivity contribution < 1.29 is 19.1 Å². The second-order valence-electron chi connectivity index (χ2n) is 7.06. The van der Waals surface area contributed by atoms with Crippen molar-refractivity contribution in [2.24, 2.45) is 0 Å². The number of carbonyl (C=O) groups is 3. The Labute approximate surface area is 167 Å². The Hall–Kier alpha value is -2.67. The summed E-state index contributed by atoms with van der Waals surface area (Å²) >= 11 is 1.42. The van der Waals surface area contributed by atoms with Gasteiger partial charge in [0.05, 0.1) is 10.4 Å². The largest absolute Gasteiger partial charge is 0.452 e. The Morgan fingerprint density at radius 3 is 2.46 bits per heavy atom. The number of ether oxygens (including phenoxy) is 1. The van der Waals surface area contributed by atoms with Gasteiger partial charge in [-0.05, 0) is 54.0 Å². The minimum atomic E-state index is -0.463. The number of fused-ring (bicyclic) bond motifs is 1. The van der Waals surface area contributed by atoms with E-state index in [-0.39, 0.29) is 18.4 Å². The number of aryl methyl sites for hydroxylation is 2. The Balaban J connectivity index is 1.25. The van der Waals surface area contributed by atoms with Gasteiger partial charge in [-0.2, -0.15) is 0 Å². The summed E-state index contributed by atoms with van der Waals surface area (Å²) in [6.45, 7) is 1.61. The van der Waals surface area contributed by atoms with Gasteiger partial charge < -0.3 is 14.5 Å². The number of piperazine rings is 1. The molecule has 0 saturated carbocycles. The zero-order valence-electron chi connectivity index (χ0n) is 15.6. The van der Waals surface area contributed by atoms with Crippen LogP contribution in [0.2, 0.25) is 0 Å². The molecule has 28 heavy (non-hydrogen) atoms. The van der Waals surface area contributed by atoms with E-state index in [2.05, 4.69) is 0 Å². The molecule has 0 bridgehead atoms. The summed E-state index contributed by atoms with van der Waals surface area (Å²) in [6, 6.07) is 9.29. The summed E-state index contributed by atoms with van der Waals surface area (Å²) in [7, 11) is 0. The molecule has 146 valence electrons. The normalized spacial score (nSPS) is 16.0. The van der Waals surface area contributed by atoms with Gasteiger partial charge in [0.25, 0.3) is 11.8 Å². The number of hydrogen-bond donors (Lipinski definition) is 0. The van der Waals surface area contributed by atoms with E-state index < -0.39 is 5.97 Å². The van der Waals surface area contributed by atoms with Gasteiger partial charge in [0, 0.05) is 26.2 Å². The highest BCUT2D eigenvalue weighted by molar-refractivity contribution is 7.12. The summed E-state index contributed by atoms with van der Waals surface area (Å²) in [6.07, 6.45) is 3.17. The first-order chi connectivity index (χ1) is 13.6. The average Bonchev–Trinajstić information content (AvgIpc) is 3.42. The van der Waals surface area contributed by atoms with Crippen LogP contribution in [0.5, 0.6) is 0 Å². The number of benzene rings is 1. The van der Waals surface area contributed by atoms with Crippen LogP contribution in [0.1, 0.15) is 37.6 Å². The summed E-state index contributed by atoms with van der Waals surface area (Å²) in [5.41, 5.74) is 3.00. The molecular weight excluding hydrogens is 376 g/mol. The molecule has 0 N–H and O–H groups in total. The molecule has 2 amide bonds. The molecule has 1 fully saturated rings. The molecule has 4 rings (SSSR count). The fraction of sp³-hybridized carbons (Fsp3) is 0.381. The van der Waals surface area contributed by atoms with E-state index in [1.165, 1.54) is 22.5 Å². The van der Waals surface area contributed by atoms with Crippen LogP contribution in [0, 0.1) is 0 Å². The van der Waals surface area contributed by atoms with Crippen LogP contribution in [0.15, 0.2) is 35.7 Å². The molecule has 1 aromatic carbocycles. The molecule has 1 aromatic heterocycles. The molecule has 2 heterocycles. The van der Waals surface area contributed by atoms with Gasteiger partial charge in [0.15, 0.2) is 6.61 Å². The lowest BCUT2D eigenvalue weighted by Crippen LogP contribution is -2.51.